The van der Waals surface area contributed by atoms with E-state index in [2.05, 4.69) is 11.9 Å². The van der Waals surface area contributed by atoms with Crippen molar-refractivity contribution >= 4 is 17.6 Å². The van der Waals surface area contributed by atoms with Gasteiger partial charge in [0.15, 0.2) is 0 Å². The van der Waals surface area contributed by atoms with E-state index in [0.29, 0.717) is 19.6 Å². The fourth-order valence-corrected chi connectivity index (χ4v) is 3.82. The Hall–Kier alpha value is -2.14. The van der Waals surface area contributed by atoms with Crippen LogP contribution in [0.1, 0.15) is 18.4 Å². The number of nitrogens with zero attached hydrogens (tertiary/aromatic N) is 1. The molecule has 2 unspecified atom stereocenters. The molecule has 128 valence electrons. The molecule has 5 nitrogen and oxygen atoms in total. The number of ether oxygens (including phenoxy) is 1. The molecule has 1 aromatic rings. The molecule has 1 heterocycles. The van der Waals surface area contributed by atoms with E-state index in [-0.39, 0.29) is 17.8 Å². The van der Waals surface area contributed by atoms with Crippen LogP contribution in [0.25, 0.3) is 0 Å². The topological polar surface area (TPSA) is 58.6 Å². The predicted octanol–water partition coefficient (Wildman–Crippen LogP) is 2.24. The summed E-state index contributed by atoms with van der Waals surface area (Å²) in [5.74, 6) is 0.115. The molecule has 0 radical (unpaired) electrons. The minimum absolute atomic E-state index is 0.0436. The predicted molar refractivity (Wildman–Crippen MR) is 92.6 cm³/mol. The van der Waals surface area contributed by atoms with Gasteiger partial charge in [0.1, 0.15) is 0 Å². The Bertz CT molecular complexity index is 666. The van der Waals surface area contributed by atoms with E-state index in [1.54, 1.807) is 0 Å². The van der Waals surface area contributed by atoms with E-state index in [9.17, 15) is 9.59 Å². The van der Waals surface area contributed by atoms with E-state index in [4.69, 9.17) is 4.74 Å². The van der Waals surface area contributed by atoms with E-state index < -0.39 is 5.41 Å². The van der Waals surface area contributed by atoms with Crippen LogP contribution in [0, 0.1) is 11.3 Å². The van der Waals surface area contributed by atoms with Crippen molar-refractivity contribution in [1.29, 1.82) is 0 Å². The van der Waals surface area contributed by atoms with Gasteiger partial charge in [0.25, 0.3) is 0 Å². The summed E-state index contributed by atoms with van der Waals surface area (Å²) in [4.78, 5) is 25.9. The maximum atomic E-state index is 12.3. The molecule has 3 rings (SSSR count). The van der Waals surface area contributed by atoms with Gasteiger partial charge in [-0.1, -0.05) is 24.3 Å². The van der Waals surface area contributed by atoms with Crippen molar-refractivity contribution in [3.8, 4) is 0 Å². The maximum Gasteiger partial charge on any atom is 0.313 e. The van der Waals surface area contributed by atoms with Crippen molar-refractivity contribution < 1.29 is 14.3 Å². The minimum Gasteiger partial charge on any atom is -0.465 e. The number of hydrogen-bond acceptors (Lipinski definition) is 4. The summed E-state index contributed by atoms with van der Waals surface area (Å²) >= 11 is 0. The third-order valence-corrected chi connectivity index (χ3v) is 4.92. The second-order valence-electron chi connectivity index (χ2n) is 7.24. The Morgan fingerprint density at radius 2 is 2.08 bits per heavy atom. The Morgan fingerprint density at radius 1 is 1.38 bits per heavy atom. The zero-order chi connectivity index (χ0) is 17.3. The first-order valence-electron chi connectivity index (χ1n) is 8.26. The Kier molecular flexibility index (Phi) is 4.45. The largest absolute Gasteiger partial charge is 0.465 e. The number of rotatable bonds is 5. The van der Waals surface area contributed by atoms with Crippen molar-refractivity contribution in [1.82, 2.24) is 4.90 Å². The van der Waals surface area contributed by atoms with Crippen LogP contribution in [0.2, 0.25) is 0 Å². The number of amides is 1. The average molecular weight is 328 g/mol. The van der Waals surface area contributed by atoms with Crippen LogP contribution in [0.15, 0.2) is 36.4 Å². The number of esters is 1. The number of cyclic esters (lactones) is 1. The van der Waals surface area contributed by atoms with Crippen molar-refractivity contribution in [3.05, 3.63) is 42.0 Å². The molecule has 1 aliphatic heterocycles. The first-order valence-corrected chi connectivity index (χ1v) is 8.26. The molecule has 24 heavy (non-hydrogen) atoms. The highest BCUT2D eigenvalue weighted by molar-refractivity contribution is 5.92. The van der Waals surface area contributed by atoms with Gasteiger partial charge in [0.2, 0.25) is 5.91 Å². The first kappa shape index (κ1) is 16.7. The Morgan fingerprint density at radius 3 is 2.75 bits per heavy atom. The quantitative estimate of drug-likeness (QED) is 0.665. The third-order valence-electron chi connectivity index (χ3n) is 4.92. The normalized spacial score (nSPS) is 25.7. The van der Waals surface area contributed by atoms with Gasteiger partial charge in [-0.2, -0.15) is 0 Å². The number of allylic oxidation sites excluding steroid dienone is 1. The molecule has 0 aromatic heterocycles. The summed E-state index contributed by atoms with van der Waals surface area (Å²) in [6.07, 6.45) is 2.27. The van der Waals surface area contributed by atoms with Crippen LogP contribution < -0.4 is 5.32 Å². The standard InChI is InChI=1S/C19H24N2O3/c1-13-8-15-12-24-18(23)19(15,9-13)10-14-4-6-16(7-5-14)20-17(22)11-21(2)3/h4-7,15H,1,8-12H2,2-3H3,(H,20,22). The van der Waals surface area contributed by atoms with Gasteiger partial charge in [-0.25, -0.2) is 0 Å². The molecular weight excluding hydrogens is 304 g/mol. The molecule has 1 aliphatic carbocycles. The maximum absolute atomic E-state index is 12.3. The Labute approximate surface area is 142 Å². The number of nitrogens with one attached hydrogen (secondary N) is 1. The molecule has 1 aromatic carbocycles. The number of carbonyl (C=O) groups is 2. The molecule has 1 saturated carbocycles. The zero-order valence-corrected chi connectivity index (χ0v) is 14.3. The zero-order valence-electron chi connectivity index (χ0n) is 14.3. The van der Waals surface area contributed by atoms with Crippen molar-refractivity contribution in [3.63, 3.8) is 0 Å². The lowest BCUT2D eigenvalue weighted by atomic mass is 9.75. The average Bonchev–Trinajstić information content (AvgIpc) is 2.96. The lowest BCUT2D eigenvalue weighted by Crippen LogP contribution is -2.31. The molecule has 1 amide bonds. The molecule has 2 fully saturated rings. The Balaban J connectivity index is 1.69. The lowest BCUT2D eigenvalue weighted by Gasteiger charge is -2.24. The van der Waals surface area contributed by atoms with E-state index in [0.717, 1.165) is 29.7 Å². The fourth-order valence-electron chi connectivity index (χ4n) is 3.82. The van der Waals surface area contributed by atoms with Gasteiger partial charge < -0.3 is 15.0 Å². The summed E-state index contributed by atoms with van der Waals surface area (Å²) in [6.45, 7) is 4.93. The summed E-state index contributed by atoms with van der Waals surface area (Å²) in [5, 5.41) is 2.87. The van der Waals surface area contributed by atoms with Gasteiger partial charge in [-0.05, 0) is 51.1 Å². The van der Waals surface area contributed by atoms with Crippen molar-refractivity contribution in [2.45, 2.75) is 19.3 Å². The molecule has 0 bridgehead atoms. The molecular formula is C19H24N2O3. The van der Waals surface area contributed by atoms with Crippen LogP contribution in [-0.2, 0) is 20.7 Å². The van der Waals surface area contributed by atoms with Crippen LogP contribution in [-0.4, -0.2) is 44.0 Å². The van der Waals surface area contributed by atoms with Gasteiger partial charge in [0, 0.05) is 11.6 Å². The second-order valence-corrected chi connectivity index (χ2v) is 7.24. The number of likely N-dealkylation sites (N-methyl/N-ethyl adjacent to an activating group) is 1. The number of fused-ring (bicyclic) bond motifs is 1. The summed E-state index contributed by atoms with van der Waals surface area (Å²) in [7, 11) is 3.71. The number of anilines is 1. The summed E-state index contributed by atoms with van der Waals surface area (Å²) in [5.41, 5.74) is 2.56. The summed E-state index contributed by atoms with van der Waals surface area (Å²) < 4.78 is 5.32. The van der Waals surface area contributed by atoms with Crippen molar-refractivity contribution in [2.24, 2.45) is 11.3 Å². The second kappa shape index (κ2) is 6.40. The first-order chi connectivity index (χ1) is 11.4. The fraction of sp³-hybridized carbons (Fsp3) is 0.474. The SMILES string of the molecule is C=C1CC2COC(=O)C2(Cc2ccc(NC(=O)CN(C)C)cc2)C1. The minimum atomic E-state index is -0.438. The highest BCUT2D eigenvalue weighted by atomic mass is 16.5. The van der Waals surface area contributed by atoms with Crippen LogP contribution in [0.4, 0.5) is 5.69 Å². The van der Waals surface area contributed by atoms with Gasteiger partial charge in [0.05, 0.1) is 18.6 Å². The number of hydrogen-bond donors (Lipinski definition) is 1. The van der Waals surface area contributed by atoms with Crippen LogP contribution in [0.3, 0.4) is 0 Å². The number of carbonyl (C=O) groups excluding carboxylic acids is 2. The van der Waals surface area contributed by atoms with Crippen LogP contribution >= 0.6 is 0 Å². The van der Waals surface area contributed by atoms with E-state index >= 15 is 0 Å². The number of benzene rings is 1. The molecule has 0 spiro atoms. The molecule has 5 heteroatoms. The highest BCUT2D eigenvalue weighted by Gasteiger charge is 2.55. The van der Waals surface area contributed by atoms with Crippen molar-refractivity contribution in [2.75, 3.05) is 32.6 Å². The molecule has 1 N–H and O–H groups in total. The molecule has 2 atom stereocenters. The van der Waals surface area contributed by atoms with Gasteiger partial charge in [-0.3, -0.25) is 9.59 Å². The van der Waals surface area contributed by atoms with Crippen LogP contribution in [0.5, 0.6) is 0 Å². The lowest BCUT2D eigenvalue weighted by molar-refractivity contribution is -0.146. The highest BCUT2D eigenvalue weighted by Crippen LogP contribution is 2.52. The molecule has 1 saturated heterocycles. The monoisotopic (exact) mass is 328 g/mol. The van der Waals surface area contributed by atoms with E-state index in [1.807, 2.05) is 43.3 Å². The molecule has 2 aliphatic rings. The van der Waals surface area contributed by atoms with Gasteiger partial charge in [-0.15, -0.1) is 0 Å². The van der Waals surface area contributed by atoms with E-state index in [1.165, 1.54) is 0 Å². The summed E-state index contributed by atoms with van der Waals surface area (Å²) in [6, 6.07) is 7.73. The van der Waals surface area contributed by atoms with Gasteiger partial charge >= 0.3 is 5.97 Å². The smallest absolute Gasteiger partial charge is 0.313 e. The third kappa shape index (κ3) is 3.22.